The van der Waals surface area contributed by atoms with Crippen LogP contribution >= 0.6 is 0 Å². The van der Waals surface area contributed by atoms with Gasteiger partial charge >= 0.3 is 0 Å². The molecule has 0 heterocycles. The van der Waals surface area contributed by atoms with E-state index in [0.717, 1.165) is 0 Å². The average Bonchev–Trinajstić information content (AvgIpc) is 2.88. The maximum absolute atomic E-state index is 13.0. The number of ketones is 2. The molecule has 0 amide bonds. The van der Waals surface area contributed by atoms with Crippen LogP contribution in [0.3, 0.4) is 0 Å². The van der Waals surface area contributed by atoms with Gasteiger partial charge in [-0.15, -0.1) is 0 Å². The van der Waals surface area contributed by atoms with Gasteiger partial charge in [-0.05, 0) is 97.1 Å². The van der Waals surface area contributed by atoms with E-state index in [1.54, 1.807) is 72.8 Å². The quantitative estimate of drug-likeness (QED) is 0.225. The third kappa shape index (κ3) is 5.71. The van der Waals surface area contributed by atoms with E-state index in [1.807, 2.05) is 0 Å². The summed E-state index contributed by atoms with van der Waals surface area (Å²) in [6.07, 6.45) is 0. The summed E-state index contributed by atoms with van der Waals surface area (Å²) in [5, 5.41) is 0. The Morgan fingerprint density at radius 2 is 0.647 bits per heavy atom. The van der Waals surface area contributed by atoms with Crippen LogP contribution in [0.4, 0.5) is 8.78 Å². The number of hydrogen-bond acceptors (Lipinski definition) is 2. The molecule has 0 bridgehead atoms. The molecule has 0 aliphatic heterocycles. The van der Waals surface area contributed by atoms with Crippen LogP contribution in [-0.2, 0) is 0 Å². The maximum atomic E-state index is 13.0. The van der Waals surface area contributed by atoms with Crippen LogP contribution in [0.25, 0.3) is 0 Å². The second kappa shape index (κ2) is 10.2. The van der Waals surface area contributed by atoms with Crippen LogP contribution < -0.4 is 0 Å². The summed E-state index contributed by atoms with van der Waals surface area (Å²) in [6.45, 7) is 0. The van der Waals surface area contributed by atoms with Crippen molar-refractivity contribution in [2.75, 3.05) is 0 Å². The number of halogens is 2. The molecule has 34 heavy (non-hydrogen) atoms. The van der Waals surface area contributed by atoms with Gasteiger partial charge in [0.15, 0.2) is 0 Å². The fourth-order valence-electron chi connectivity index (χ4n) is 3.03. The fourth-order valence-corrected chi connectivity index (χ4v) is 3.03. The Labute approximate surface area is 195 Å². The van der Waals surface area contributed by atoms with Crippen molar-refractivity contribution in [3.05, 3.63) is 142 Å². The average molecular weight is 446 g/mol. The minimum absolute atomic E-state index is 0.262. The van der Waals surface area contributed by atoms with E-state index in [0.29, 0.717) is 22.3 Å². The molecule has 0 aliphatic carbocycles. The highest BCUT2D eigenvalue weighted by molar-refractivity contribution is 6.49. The molecule has 4 aromatic carbocycles. The zero-order valence-electron chi connectivity index (χ0n) is 17.8. The van der Waals surface area contributed by atoms with Gasteiger partial charge in [-0.3, -0.25) is 9.59 Å². The van der Waals surface area contributed by atoms with Crippen LogP contribution in [0.1, 0.15) is 43.0 Å². The summed E-state index contributed by atoms with van der Waals surface area (Å²) >= 11 is 0. The van der Waals surface area contributed by atoms with Gasteiger partial charge in [0.05, 0.1) is 0 Å². The van der Waals surface area contributed by atoms with E-state index >= 15 is 0 Å². The standard InChI is InChI=1S/C30H16F2O2/c31-27-17-9-23(10-18-27)3-1-21-5-13-25(14-6-21)29(33)30(34)26-15-7-22(8-16-26)2-4-24-11-19-28(32)20-12-24/h5-20H. The van der Waals surface area contributed by atoms with Crippen molar-refractivity contribution in [3.63, 3.8) is 0 Å². The summed E-state index contributed by atoms with van der Waals surface area (Å²) < 4.78 is 25.9. The fraction of sp³-hybridized carbons (Fsp3) is 0. The molecule has 0 N–H and O–H groups in total. The number of carbonyl (C=O) groups excluding carboxylic acids is 2. The van der Waals surface area contributed by atoms with Gasteiger partial charge in [-0.25, -0.2) is 8.78 Å². The summed E-state index contributed by atoms with van der Waals surface area (Å²) in [5.74, 6) is 9.82. The number of carbonyl (C=O) groups is 2. The molecular formula is C30H16F2O2. The van der Waals surface area contributed by atoms with Gasteiger partial charge in [0, 0.05) is 33.4 Å². The number of benzene rings is 4. The lowest BCUT2D eigenvalue weighted by atomic mass is 9.99. The minimum atomic E-state index is -0.622. The van der Waals surface area contributed by atoms with E-state index in [-0.39, 0.29) is 22.8 Å². The van der Waals surface area contributed by atoms with Gasteiger partial charge in [0.2, 0.25) is 11.6 Å². The minimum Gasteiger partial charge on any atom is -0.285 e. The van der Waals surface area contributed by atoms with Crippen LogP contribution in [0.5, 0.6) is 0 Å². The highest BCUT2D eigenvalue weighted by Gasteiger charge is 2.18. The molecule has 0 saturated heterocycles. The summed E-state index contributed by atoms with van der Waals surface area (Å²) in [7, 11) is 0. The van der Waals surface area contributed by atoms with E-state index < -0.39 is 11.6 Å². The molecule has 0 spiro atoms. The molecule has 0 atom stereocenters. The Morgan fingerprint density at radius 1 is 0.412 bits per heavy atom. The monoisotopic (exact) mass is 446 g/mol. The Hall–Kier alpha value is -4.80. The number of rotatable bonds is 3. The third-order valence-electron chi connectivity index (χ3n) is 4.89. The number of hydrogen-bond donors (Lipinski definition) is 0. The third-order valence-corrected chi connectivity index (χ3v) is 4.89. The van der Waals surface area contributed by atoms with Crippen molar-refractivity contribution < 1.29 is 18.4 Å². The van der Waals surface area contributed by atoms with Crippen molar-refractivity contribution in [3.8, 4) is 23.7 Å². The zero-order valence-corrected chi connectivity index (χ0v) is 17.8. The molecular weight excluding hydrogens is 430 g/mol. The SMILES string of the molecule is O=C(C(=O)c1ccc(C#Cc2ccc(F)cc2)cc1)c1ccc(C#Cc2ccc(F)cc2)cc1. The largest absolute Gasteiger partial charge is 0.285 e. The van der Waals surface area contributed by atoms with E-state index in [4.69, 9.17) is 0 Å². The molecule has 0 unspecified atom stereocenters. The lowest BCUT2D eigenvalue weighted by Gasteiger charge is -2.02. The molecule has 0 radical (unpaired) electrons. The Kier molecular flexibility index (Phi) is 6.73. The Morgan fingerprint density at radius 3 is 0.912 bits per heavy atom. The van der Waals surface area contributed by atoms with Gasteiger partial charge in [0.25, 0.3) is 0 Å². The first-order valence-corrected chi connectivity index (χ1v) is 10.3. The van der Waals surface area contributed by atoms with Crippen molar-refractivity contribution >= 4 is 11.6 Å². The molecule has 162 valence electrons. The van der Waals surface area contributed by atoms with Crippen molar-refractivity contribution in [1.82, 2.24) is 0 Å². The normalized spacial score (nSPS) is 9.82. The maximum Gasteiger partial charge on any atom is 0.233 e. The molecule has 2 nitrogen and oxygen atoms in total. The molecule has 0 aromatic heterocycles. The predicted octanol–water partition coefficient (Wildman–Crippen LogP) is 5.83. The lowest BCUT2D eigenvalue weighted by molar-refractivity contribution is 0.0817. The van der Waals surface area contributed by atoms with Gasteiger partial charge < -0.3 is 0 Å². The summed E-state index contributed by atoms with van der Waals surface area (Å²) in [4.78, 5) is 25.2. The van der Waals surface area contributed by atoms with Crippen molar-refractivity contribution in [2.45, 2.75) is 0 Å². The van der Waals surface area contributed by atoms with Crippen LogP contribution in [0, 0.1) is 35.3 Å². The molecule has 4 aromatic rings. The predicted molar refractivity (Wildman–Crippen MR) is 126 cm³/mol. The van der Waals surface area contributed by atoms with Crippen LogP contribution in [0.15, 0.2) is 97.1 Å². The molecule has 0 aliphatic rings. The van der Waals surface area contributed by atoms with Gasteiger partial charge in [-0.1, -0.05) is 23.7 Å². The summed E-state index contributed by atoms with van der Waals surface area (Å²) in [6, 6.07) is 24.5. The molecule has 0 fully saturated rings. The van der Waals surface area contributed by atoms with Crippen molar-refractivity contribution in [1.29, 1.82) is 0 Å². The van der Waals surface area contributed by atoms with E-state index in [1.165, 1.54) is 24.3 Å². The van der Waals surface area contributed by atoms with Gasteiger partial charge in [0.1, 0.15) is 11.6 Å². The lowest BCUT2D eigenvalue weighted by Crippen LogP contribution is -2.14. The van der Waals surface area contributed by atoms with E-state index in [9.17, 15) is 18.4 Å². The Balaban J connectivity index is 1.42. The van der Waals surface area contributed by atoms with Gasteiger partial charge in [-0.2, -0.15) is 0 Å². The second-order valence-corrected chi connectivity index (χ2v) is 7.33. The first-order valence-electron chi connectivity index (χ1n) is 10.3. The summed E-state index contributed by atoms with van der Waals surface area (Å²) in [5.41, 5.74) is 3.19. The molecule has 0 saturated carbocycles. The highest BCUT2D eigenvalue weighted by atomic mass is 19.1. The second-order valence-electron chi connectivity index (χ2n) is 7.33. The van der Waals surface area contributed by atoms with Crippen LogP contribution in [-0.4, -0.2) is 11.6 Å². The first kappa shape index (κ1) is 22.4. The van der Waals surface area contributed by atoms with Crippen LogP contribution in [0.2, 0.25) is 0 Å². The molecule has 4 rings (SSSR count). The topological polar surface area (TPSA) is 34.1 Å². The first-order chi connectivity index (χ1) is 16.5. The smallest absolute Gasteiger partial charge is 0.233 e. The van der Waals surface area contributed by atoms with E-state index in [2.05, 4.69) is 23.7 Å². The molecule has 4 heteroatoms. The zero-order chi connectivity index (χ0) is 23.9. The number of Topliss-reactive ketones (excluding diaryl/α,β-unsaturated/α-hetero) is 2. The Bertz CT molecular complexity index is 1340. The highest BCUT2D eigenvalue weighted by Crippen LogP contribution is 2.11. The van der Waals surface area contributed by atoms with Crippen molar-refractivity contribution in [2.24, 2.45) is 0 Å².